The number of isocyanates is 1. The number of anilines is 1. The van der Waals surface area contributed by atoms with Crippen LogP contribution in [0.3, 0.4) is 0 Å². The zero-order valence-electron chi connectivity index (χ0n) is 20.0. The number of carbonyl (C=O) groups excluding carboxylic acids is 2. The number of nitrogens with zero attached hydrogens (tertiary/aromatic N) is 2. The van der Waals surface area contributed by atoms with Crippen molar-refractivity contribution in [1.82, 2.24) is 0 Å². The van der Waals surface area contributed by atoms with Gasteiger partial charge >= 0.3 is 6.09 Å². The first-order valence-corrected chi connectivity index (χ1v) is 11.8. The van der Waals surface area contributed by atoms with Crippen molar-refractivity contribution in [3.63, 3.8) is 0 Å². The lowest BCUT2D eigenvalue weighted by atomic mass is 10.1. The Labute approximate surface area is 188 Å². The molecule has 1 aromatic carbocycles. The second kappa shape index (κ2) is 15.6. The fraction of sp³-hybridized carbons (Fsp3) is 0.680. The molecule has 0 atom stereocenters. The Kier molecular flexibility index (Phi) is 13.5. The van der Waals surface area contributed by atoms with Gasteiger partial charge in [0.05, 0.1) is 26.3 Å². The lowest BCUT2D eigenvalue weighted by Crippen LogP contribution is -2.43. The van der Waals surface area contributed by atoms with E-state index in [-0.39, 0.29) is 0 Å². The molecular formula is C25H42N3O3+. The van der Waals surface area contributed by atoms with Gasteiger partial charge in [0.1, 0.15) is 13.2 Å². The average molecular weight is 433 g/mol. The van der Waals surface area contributed by atoms with E-state index in [0.717, 1.165) is 23.1 Å². The van der Waals surface area contributed by atoms with Gasteiger partial charge in [-0.3, -0.25) is 5.32 Å². The van der Waals surface area contributed by atoms with E-state index in [1.54, 1.807) is 18.2 Å². The largest absolute Gasteiger partial charge is 0.443 e. The van der Waals surface area contributed by atoms with Crippen molar-refractivity contribution in [2.75, 3.05) is 39.1 Å². The maximum absolute atomic E-state index is 12.0. The monoisotopic (exact) mass is 432 g/mol. The third-order valence-corrected chi connectivity index (χ3v) is 5.67. The number of unbranched alkanes of at least 4 members (excludes halogenated alkanes) is 9. The van der Waals surface area contributed by atoms with Gasteiger partial charge in [0.15, 0.2) is 0 Å². The first-order valence-electron chi connectivity index (χ1n) is 11.8. The topological polar surface area (TPSA) is 67.8 Å². The van der Waals surface area contributed by atoms with Crippen LogP contribution in [0.25, 0.3) is 0 Å². The number of likely N-dealkylation sites (N-methyl/N-ethyl adjacent to an activating group) is 1. The highest BCUT2D eigenvalue weighted by Crippen LogP contribution is 2.22. The number of aryl methyl sites for hydroxylation is 1. The van der Waals surface area contributed by atoms with Crippen LogP contribution < -0.4 is 5.32 Å². The average Bonchev–Trinajstić information content (AvgIpc) is 2.72. The minimum absolute atomic E-state index is 0.363. The summed E-state index contributed by atoms with van der Waals surface area (Å²) in [7, 11) is 4.36. The normalized spacial score (nSPS) is 11.1. The molecule has 6 heteroatoms. The number of amides is 1. The van der Waals surface area contributed by atoms with E-state index in [2.05, 4.69) is 31.3 Å². The highest BCUT2D eigenvalue weighted by molar-refractivity contribution is 5.85. The summed E-state index contributed by atoms with van der Waals surface area (Å²) in [6, 6.07) is 5.18. The number of hydrogen-bond acceptors (Lipinski definition) is 4. The minimum Gasteiger partial charge on any atom is -0.443 e. The van der Waals surface area contributed by atoms with Crippen LogP contribution in [-0.2, 0) is 9.53 Å². The molecule has 31 heavy (non-hydrogen) atoms. The molecule has 0 aliphatic carbocycles. The summed E-state index contributed by atoms with van der Waals surface area (Å²) in [6.45, 7) is 6.33. The fourth-order valence-electron chi connectivity index (χ4n) is 3.54. The van der Waals surface area contributed by atoms with Gasteiger partial charge in [-0.25, -0.2) is 9.59 Å². The van der Waals surface area contributed by atoms with Crippen molar-refractivity contribution >= 4 is 23.5 Å². The predicted molar refractivity (Wildman–Crippen MR) is 128 cm³/mol. The molecule has 1 N–H and O–H groups in total. The number of aliphatic imine (C=N–C) groups is 1. The number of benzene rings is 1. The lowest BCUT2D eigenvalue weighted by Gasteiger charge is -2.29. The van der Waals surface area contributed by atoms with Crippen LogP contribution in [0.5, 0.6) is 0 Å². The molecule has 0 aromatic heterocycles. The molecular weight excluding hydrogens is 390 g/mol. The van der Waals surface area contributed by atoms with Gasteiger partial charge in [0.25, 0.3) is 0 Å². The highest BCUT2D eigenvalue weighted by Gasteiger charge is 2.15. The Morgan fingerprint density at radius 2 is 1.61 bits per heavy atom. The maximum atomic E-state index is 12.0. The van der Waals surface area contributed by atoms with Gasteiger partial charge in [-0.05, 0) is 37.5 Å². The van der Waals surface area contributed by atoms with Crippen LogP contribution in [0.15, 0.2) is 23.2 Å². The molecule has 0 fully saturated rings. The maximum Gasteiger partial charge on any atom is 0.411 e. The van der Waals surface area contributed by atoms with E-state index < -0.39 is 6.09 Å². The second-order valence-electron chi connectivity index (χ2n) is 9.03. The lowest BCUT2D eigenvalue weighted by molar-refractivity contribution is -0.890. The summed E-state index contributed by atoms with van der Waals surface area (Å²) in [5.74, 6) is 0. The number of nitrogens with one attached hydrogen (secondary N) is 1. The zero-order chi connectivity index (χ0) is 23.0. The summed E-state index contributed by atoms with van der Waals surface area (Å²) < 4.78 is 6.18. The van der Waals surface area contributed by atoms with Crippen LogP contribution >= 0.6 is 0 Å². The van der Waals surface area contributed by atoms with Crippen LogP contribution in [-0.4, -0.2) is 50.4 Å². The molecule has 0 saturated heterocycles. The van der Waals surface area contributed by atoms with E-state index in [1.165, 1.54) is 70.3 Å². The molecule has 0 aliphatic rings. The Morgan fingerprint density at radius 1 is 1.00 bits per heavy atom. The van der Waals surface area contributed by atoms with Gasteiger partial charge in [-0.1, -0.05) is 64.4 Å². The molecule has 174 valence electrons. The van der Waals surface area contributed by atoms with Gasteiger partial charge in [0, 0.05) is 5.69 Å². The number of quaternary nitrogens is 1. The van der Waals surface area contributed by atoms with Crippen molar-refractivity contribution in [3.8, 4) is 0 Å². The molecule has 0 heterocycles. The third kappa shape index (κ3) is 13.0. The third-order valence-electron chi connectivity index (χ3n) is 5.67. The molecule has 0 spiro atoms. The SMILES string of the molecule is CCCCCCCCCCCC[N+](C)(C)CCOC(=O)Nc1ccc(C)c(N=C=O)c1. The quantitative estimate of drug-likeness (QED) is 0.140. The minimum atomic E-state index is -0.496. The summed E-state index contributed by atoms with van der Waals surface area (Å²) in [5.41, 5.74) is 1.87. The Balaban J connectivity index is 2.16. The number of carbonyl (C=O) groups is 1. The van der Waals surface area contributed by atoms with E-state index in [9.17, 15) is 9.59 Å². The first-order chi connectivity index (χ1) is 14.9. The van der Waals surface area contributed by atoms with E-state index >= 15 is 0 Å². The van der Waals surface area contributed by atoms with Gasteiger partial charge in [-0.15, -0.1) is 0 Å². The molecule has 6 nitrogen and oxygen atoms in total. The number of hydrogen-bond donors (Lipinski definition) is 1. The Bertz CT molecular complexity index is 697. The molecule has 0 unspecified atom stereocenters. The number of ether oxygens (including phenoxy) is 1. The van der Waals surface area contributed by atoms with Crippen molar-refractivity contribution in [3.05, 3.63) is 23.8 Å². The van der Waals surface area contributed by atoms with E-state index in [4.69, 9.17) is 4.74 Å². The van der Waals surface area contributed by atoms with E-state index in [1.807, 2.05) is 6.92 Å². The van der Waals surface area contributed by atoms with Crippen LogP contribution in [0, 0.1) is 6.92 Å². The molecule has 1 amide bonds. The molecule has 0 aliphatic heterocycles. The standard InChI is InChI=1S/C25H41N3O3/c1-5-6-7-8-9-10-11-12-13-14-17-28(3,4)18-19-31-25(30)27-23-16-15-22(2)24(20-23)26-21-29/h15-16,20H,5-14,17-19H2,1-4H3/p+1. The van der Waals surface area contributed by atoms with Crippen LogP contribution in [0.2, 0.25) is 0 Å². The number of rotatable bonds is 16. The van der Waals surface area contributed by atoms with Gasteiger partial charge < -0.3 is 9.22 Å². The molecule has 1 rings (SSSR count). The van der Waals surface area contributed by atoms with Crippen molar-refractivity contribution < 1.29 is 18.8 Å². The van der Waals surface area contributed by atoms with Gasteiger partial charge in [-0.2, -0.15) is 4.99 Å². The zero-order valence-corrected chi connectivity index (χ0v) is 20.0. The summed E-state index contributed by atoms with van der Waals surface area (Å²) in [4.78, 5) is 26.2. The summed E-state index contributed by atoms with van der Waals surface area (Å²) >= 11 is 0. The first kappa shape index (κ1) is 26.9. The van der Waals surface area contributed by atoms with E-state index in [0.29, 0.717) is 18.0 Å². The molecule has 0 saturated carbocycles. The molecule has 0 radical (unpaired) electrons. The second-order valence-corrected chi connectivity index (χ2v) is 9.03. The Morgan fingerprint density at radius 3 is 2.23 bits per heavy atom. The molecule has 0 bridgehead atoms. The van der Waals surface area contributed by atoms with Crippen LogP contribution in [0.1, 0.15) is 76.7 Å². The van der Waals surface area contributed by atoms with Crippen LogP contribution in [0.4, 0.5) is 16.2 Å². The summed E-state index contributed by atoms with van der Waals surface area (Å²) in [6.07, 6.45) is 14.4. The van der Waals surface area contributed by atoms with Gasteiger partial charge in [0.2, 0.25) is 6.08 Å². The predicted octanol–water partition coefficient (Wildman–Crippen LogP) is 6.51. The molecule has 1 aromatic rings. The highest BCUT2D eigenvalue weighted by atomic mass is 16.5. The summed E-state index contributed by atoms with van der Waals surface area (Å²) in [5, 5.41) is 2.68. The Hall–Kier alpha value is -2.17. The smallest absolute Gasteiger partial charge is 0.411 e. The van der Waals surface area contributed by atoms with Crippen molar-refractivity contribution in [2.45, 2.75) is 78.1 Å². The van der Waals surface area contributed by atoms with Crippen molar-refractivity contribution in [2.24, 2.45) is 4.99 Å². The van der Waals surface area contributed by atoms with Crippen molar-refractivity contribution in [1.29, 1.82) is 0 Å². The fourth-order valence-corrected chi connectivity index (χ4v) is 3.54.